The Morgan fingerprint density at radius 1 is 1.04 bits per heavy atom. The number of hydrogen-bond donors (Lipinski definition) is 3. The molecule has 0 aliphatic heterocycles. The van der Waals surface area contributed by atoms with Gasteiger partial charge in [-0.25, -0.2) is 27.2 Å². The second kappa shape index (κ2) is 14.2. The van der Waals surface area contributed by atoms with Gasteiger partial charge in [-0.15, -0.1) is 0 Å². The fraction of sp³-hybridized carbons (Fsp3) is 0.263. The van der Waals surface area contributed by atoms with Crippen LogP contribution in [0.5, 0.6) is 0 Å². The number of carbonyl (C=O) groups is 1. The second-order valence-corrected chi connectivity index (χ2v) is 15.7. The van der Waals surface area contributed by atoms with Gasteiger partial charge in [0.1, 0.15) is 29.5 Å². The molecule has 1 amide bonds. The third-order valence-electron chi connectivity index (χ3n) is 8.51. The lowest BCUT2D eigenvalue weighted by atomic mass is 9.93. The van der Waals surface area contributed by atoms with Gasteiger partial charge >= 0.3 is 0 Å². The monoisotopic (exact) mass is 759 g/mol. The fourth-order valence-electron chi connectivity index (χ4n) is 6.11. The summed E-state index contributed by atoms with van der Waals surface area (Å²) in [7, 11) is -2.11. The van der Waals surface area contributed by atoms with E-state index in [-0.39, 0.29) is 40.8 Å². The first-order chi connectivity index (χ1) is 24.8. The van der Waals surface area contributed by atoms with Crippen LogP contribution >= 0.6 is 11.6 Å². The number of hydrogen-bond acceptors (Lipinski definition) is 7. The molecule has 3 aromatic heterocycles. The van der Waals surface area contributed by atoms with Crippen LogP contribution in [0.25, 0.3) is 33.1 Å². The number of imidazole rings is 1. The zero-order valence-electron chi connectivity index (χ0n) is 29.7. The zero-order valence-corrected chi connectivity index (χ0v) is 31.3. The summed E-state index contributed by atoms with van der Waals surface area (Å²) in [5.41, 5.74) is 4.41. The van der Waals surface area contributed by atoms with E-state index in [0.717, 1.165) is 34.5 Å². The normalized spacial score (nSPS) is 12.5. The number of nitrogens with one attached hydrogen (secondary N) is 2. The van der Waals surface area contributed by atoms with Crippen molar-refractivity contribution in [1.29, 1.82) is 0 Å². The van der Waals surface area contributed by atoms with Gasteiger partial charge in [-0.2, -0.15) is 5.10 Å². The fourth-order valence-corrected chi connectivity index (χ4v) is 6.85. The lowest BCUT2D eigenvalue weighted by Crippen LogP contribution is -2.33. The molecule has 0 saturated carbocycles. The first-order valence-electron chi connectivity index (χ1n) is 16.4. The molecule has 274 valence electrons. The number of fused-ring (bicyclic) bond motifs is 2. The number of carbonyl (C=O) groups excluding carboxylic acids is 1. The number of amides is 1. The summed E-state index contributed by atoms with van der Waals surface area (Å²) in [5.74, 6) is 3.61. The van der Waals surface area contributed by atoms with Crippen LogP contribution in [0.15, 0.2) is 60.9 Å². The Bertz CT molecular complexity index is 2580. The average molecular weight is 760 g/mol. The number of halogens is 3. The van der Waals surface area contributed by atoms with Crippen LogP contribution in [0.3, 0.4) is 0 Å². The predicted molar refractivity (Wildman–Crippen MR) is 201 cm³/mol. The van der Waals surface area contributed by atoms with E-state index >= 15 is 0 Å². The number of rotatable bonds is 9. The number of benzene rings is 3. The van der Waals surface area contributed by atoms with Crippen LogP contribution in [-0.2, 0) is 34.8 Å². The quantitative estimate of drug-likeness (QED) is 0.151. The molecule has 3 aromatic carbocycles. The number of nitrogens with zero attached hydrogens (tertiary/aromatic N) is 5. The number of aromatic nitrogens is 5. The van der Waals surface area contributed by atoms with E-state index in [1.54, 1.807) is 42.2 Å². The van der Waals surface area contributed by atoms with E-state index in [0.29, 0.717) is 22.0 Å². The first-order valence-corrected chi connectivity index (χ1v) is 18.7. The molecule has 0 bridgehead atoms. The Hall–Kier alpha value is -5.36. The van der Waals surface area contributed by atoms with Gasteiger partial charge in [-0.05, 0) is 99.2 Å². The average Bonchev–Trinajstić information content (AvgIpc) is 3.57. The van der Waals surface area contributed by atoms with Gasteiger partial charge in [0.25, 0.3) is 0 Å². The maximum atomic E-state index is 14.5. The minimum Gasteiger partial charge on any atom is -0.378 e. The van der Waals surface area contributed by atoms with Gasteiger partial charge in [-0.1, -0.05) is 23.6 Å². The molecule has 0 unspecified atom stereocenters. The second-order valence-electron chi connectivity index (χ2n) is 13.5. The van der Waals surface area contributed by atoms with Gasteiger partial charge in [0.05, 0.1) is 51.3 Å². The standard InChI is InChI=1S/C38H36ClF2N7O4S/c1-21-13-30-32(14-22(21)2)48(20-42-30)19-33(49)44-31(17-23-15-24(40)18-25(41)16-23)35-27(8-7-26(43-35)11-12-38(3,4)50)28-9-10-29(39)34-36(28)47(5)45-37(34)46-53(6,51)52/h7-10,13-16,18,20,31,50H,17,19H2,1-6H3,(H,44,49)(H,45,46)/t31-/m0/s1. The minimum absolute atomic E-state index is 0.0112. The number of aryl methyl sites for hydroxylation is 3. The van der Waals surface area contributed by atoms with Gasteiger partial charge in [-0.3, -0.25) is 14.2 Å². The largest absolute Gasteiger partial charge is 0.378 e. The lowest BCUT2D eigenvalue weighted by molar-refractivity contribution is -0.122. The summed E-state index contributed by atoms with van der Waals surface area (Å²) in [5, 5.41) is 18.3. The molecule has 0 spiro atoms. The summed E-state index contributed by atoms with van der Waals surface area (Å²) < 4.78 is 59.1. The smallest absolute Gasteiger partial charge is 0.240 e. The highest BCUT2D eigenvalue weighted by molar-refractivity contribution is 7.92. The molecular formula is C38H36ClF2N7O4S. The van der Waals surface area contributed by atoms with Crippen molar-refractivity contribution in [2.45, 2.75) is 52.3 Å². The summed E-state index contributed by atoms with van der Waals surface area (Å²) in [6, 6.07) is 12.7. The number of sulfonamides is 1. The number of aliphatic hydroxyl groups is 1. The topological polar surface area (TPSA) is 144 Å². The summed E-state index contributed by atoms with van der Waals surface area (Å²) in [6.07, 6.45) is 2.48. The van der Waals surface area contributed by atoms with Crippen LogP contribution in [-0.4, -0.2) is 55.6 Å². The molecule has 0 radical (unpaired) electrons. The van der Waals surface area contributed by atoms with Crippen molar-refractivity contribution < 1.29 is 27.1 Å². The lowest BCUT2D eigenvalue weighted by Gasteiger charge is -2.23. The molecule has 6 rings (SSSR count). The van der Waals surface area contributed by atoms with Gasteiger partial charge < -0.3 is 15.0 Å². The van der Waals surface area contributed by atoms with E-state index in [1.165, 1.54) is 30.7 Å². The van der Waals surface area contributed by atoms with Crippen molar-refractivity contribution >= 4 is 55.3 Å². The molecule has 53 heavy (non-hydrogen) atoms. The predicted octanol–water partition coefficient (Wildman–Crippen LogP) is 6.13. The summed E-state index contributed by atoms with van der Waals surface area (Å²) in [6.45, 7) is 6.86. The molecule has 0 saturated heterocycles. The Kier molecular flexibility index (Phi) is 10.0. The third kappa shape index (κ3) is 8.49. The van der Waals surface area contributed by atoms with Crippen molar-refractivity contribution in [2.75, 3.05) is 11.0 Å². The minimum atomic E-state index is -3.74. The van der Waals surface area contributed by atoms with Crippen molar-refractivity contribution in [3.63, 3.8) is 0 Å². The molecule has 3 N–H and O–H groups in total. The van der Waals surface area contributed by atoms with E-state index in [1.807, 2.05) is 26.0 Å². The summed E-state index contributed by atoms with van der Waals surface area (Å²) >= 11 is 6.63. The highest BCUT2D eigenvalue weighted by Gasteiger charge is 2.26. The molecular weight excluding hydrogens is 724 g/mol. The van der Waals surface area contributed by atoms with Gasteiger partial charge in [0, 0.05) is 24.2 Å². The Morgan fingerprint density at radius 3 is 2.40 bits per heavy atom. The van der Waals surface area contributed by atoms with Crippen molar-refractivity contribution in [3.05, 3.63) is 106 Å². The van der Waals surface area contributed by atoms with Crippen LogP contribution in [0.1, 0.15) is 48.0 Å². The van der Waals surface area contributed by atoms with Crippen LogP contribution in [0.4, 0.5) is 14.6 Å². The molecule has 0 fully saturated rings. The van der Waals surface area contributed by atoms with Gasteiger partial charge in [0.2, 0.25) is 15.9 Å². The highest BCUT2D eigenvalue weighted by atomic mass is 35.5. The third-order valence-corrected chi connectivity index (χ3v) is 9.39. The maximum absolute atomic E-state index is 14.5. The van der Waals surface area contributed by atoms with E-state index < -0.39 is 39.2 Å². The van der Waals surface area contributed by atoms with Gasteiger partial charge in [0.15, 0.2) is 5.82 Å². The van der Waals surface area contributed by atoms with Crippen molar-refractivity contribution in [2.24, 2.45) is 7.05 Å². The van der Waals surface area contributed by atoms with E-state index in [4.69, 9.17) is 16.6 Å². The molecule has 1 atom stereocenters. The summed E-state index contributed by atoms with van der Waals surface area (Å²) in [4.78, 5) is 23.3. The molecule has 3 heterocycles. The molecule has 0 aliphatic carbocycles. The number of anilines is 1. The van der Waals surface area contributed by atoms with Crippen LogP contribution < -0.4 is 10.0 Å². The molecule has 0 aliphatic rings. The Morgan fingerprint density at radius 2 is 1.72 bits per heavy atom. The molecule has 11 nitrogen and oxygen atoms in total. The van der Waals surface area contributed by atoms with Crippen LogP contribution in [0, 0.1) is 37.3 Å². The van der Waals surface area contributed by atoms with E-state index in [9.17, 15) is 27.1 Å². The first kappa shape index (κ1) is 37.4. The van der Waals surface area contributed by atoms with Crippen LogP contribution in [0.2, 0.25) is 5.02 Å². The van der Waals surface area contributed by atoms with Crippen molar-refractivity contribution in [3.8, 4) is 23.0 Å². The Labute approximate surface area is 310 Å². The van der Waals surface area contributed by atoms with Crippen molar-refractivity contribution in [1.82, 2.24) is 29.6 Å². The molecule has 15 heteroatoms. The highest BCUT2D eigenvalue weighted by Crippen LogP contribution is 2.40. The zero-order chi connectivity index (χ0) is 38.4. The SMILES string of the molecule is Cc1cc2ncn(CC(=O)N[C@@H](Cc3cc(F)cc(F)c3)c3nc(C#CC(C)(C)O)ccc3-c3ccc(Cl)c4c(NS(C)(=O)=O)nn(C)c34)c2cc1C. The molecule has 6 aromatic rings. The maximum Gasteiger partial charge on any atom is 0.240 e. The van der Waals surface area contributed by atoms with E-state index in [2.05, 4.69) is 32.0 Å². The Balaban J connectivity index is 1.53. The number of pyridine rings is 1.